The number of likely N-dealkylation sites (N-methyl/N-ethyl adjacent to an activating group) is 1. The van der Waals surface area contributed by atoms with Crippen LogP contribution in [0.5, 0.6) is 0 Å². The number of nitrogens with one attached hydrogen (secondary N) is 2. The summed E-state index contributed by atoms with van der Waals surface area (Å²) >= 11 is 0.964. The predicted molar refractivity (Wildman–Crippen MR) is 103 cm³/mol. The highest BCUT2D eigenvalue weighted by Gasteiger charge is 2.33. The summed E-state index contributed by atoms with van der Waals surface area (Å²) in [6.45, 7) is 5.02. The molecule has 0 saturated carbocycles. The minimum atomic E-state index is -4.41. The SMILES string of the molecule is CCNC(=NCc1nc(C(F)(F)F)cs1)NCCN(C)Cc1ccccc1. The van der Waals surface area contributed by atoms with Gasteiger partial charge < -0.3 is 15.5 Å². The van der Waals surface area contributed by atoms with Crippen molar-refractivity contribution in [2.45, 2.75) is 26.2 Å². The van der Waals surface area contributed by atoms with Crippen LogP contribution in [-0.2, 0) is 19.3 Å². The second kappa shape index (κ2) is 10.3. The number of nitrogens with zero attached hydrogens (tertiary/aromatic N) is 3. The van der Waals surface area contributed by atoms with Crippen molar-refractivity contribution in [2.75, 3.05) is 26.7 Å². The lowest BCUT2D eigenvalue weighted by atomic mass is 10.2. The summed E-state index contributed by atoms with van der Waals surface area (Å²) < 4.78 is 37.8. The summed E-state index contributed by atoms with van der Waals surface area (Å²) in [5.74, 6) is 0.564. The zero-order valence-corrected chi connectivity index (χ0v) is 16.2. The Morgan fingerprint density at radius 2 is 1.96 bits per heavy atom. The highest BCUT2D eigenvalue weighted by molar-refractivity contribution is 7.09. The predicted octanol–water partition coefficient (Wildman–Crippen LogP) is 3.35. The van der Waals surface area contributed by atoms with E-state index in [0.717, 1.165) is 29.8 Å². The van der Waals surface area contributed by atoms with Crippen molar-refractivity contribution in [3.05, 3.63) is 52.0 Å². The van der Waals surface area contributed by atoms with E-state index in [-0.39, 0.29) is 6.54 Å². The Morgan fingerprint density at radius 3 is 2.59 bits per heavy atom. The van der Waals surface area contributed by atoms with E-state index >= 15 is 0 Å². The smallest absolute Gasteiger partial charge is 0.357 e. The first-order valence-electron chi connectivity index (χ1n) is 8.64. The number of thiazole rings is 1. The van der Waals surface area contributed by atoms with Crippen LogP contribution >= 0.6 is 11.3 Å². The molecule has 0 radical (unpaired) electrons. The molecule has 2 rings (SSSR count). The van der Waals surface area contributed by atoms with E-state index in [0.29, 0.717) is 24.1 Å². The normalized spacial score (nSPS) is 12.4. The van der Waals surface area contributed by atoms with E-state index in [9.17, 15) is 13.2 Å². The Hall–Kier alpha value is -2.13. The van der Waals surface area contributed by atoms with Crippen molar-refractivity contribution in [2.24, 2.45) is 4.99 Å². The Bertz CT molecular complexity index is 715. The van der Waals surface area contributed by atoms with Gasteiger partial charge in [-0.2, -0.15) is 13.2 Å². The van der Waals surface area contributed by atoms with Crippen LogP contribution in [0.25, 0.3) is 0 Å². The number of hydrogen-bond donors (Lipinski definition) is 2. The molecule has 2 aromatic rings. The molecule has 0 aliphatic rings. The number of benzene rings is 1. The van der Waals surface area contributed by atoms with Gasteiger partial charge in [0.05, 0.1) is 6.54 Å². The number of rotatable bonds is 8. The van der Waals surface area contributed by atoms with Gasteiger partial charge in [0.25, 0.3) is 0 Å². The second-order valence-electron chi connectivity index (χ2n) is 5.97. The number of hydrogen-bond acceptors (Lipinski definition) is 4. The van der Waals surface area contributed by atoms with Crippen LogP contribution in [0.2, 0.25) is 0 Å². The molecule has 0 atom stereocenters. The minimum Gasteiger partial charge on any atom is -0.357 e. The lowest BCUT2D eigenvalue weighted by Gasteiger charge is -2.18. The van der Waals surface area contributed by atoms with Gasteiger partial charge in [-0.15, -0.1) is 11.3 Å². The number of aromatic nitrogens is 1. The molecule has 148 valence electrons. The molecule has 27 heavy (non-hydrogen) atoms. The maximum atomic E-state index is 12.6. The Labute approximate surface area is 161 Å². The largest absolute Gasteiger partial charge is 0.434 e. The van der Waals surface area contributed by atoms with Gasteiger partial charge in [-0.1, -0.05) is 30.3 Å². The van der Waals surface area contributed by atoms with E-state index in [1.54, 1.807) is 0 Å². The summed E-state index contributed by atoms with van der Waals surface area (Å²) in [4.78, 5) is 10.1. The van der Waals surface area contributed by atoms with Crippen molar-refractivity contribution < 1.29 is 13.2 Å². The molecule has 1 aromatic heterocycles. The Kier molecular flexibility index (Phi) is 8.05. The van der Waals surface area contributed by atoms with E-state index < -0.39 is 11.9 Å². The fourth-order valence-electron chi connectivity index (χ4n) is 2.34. The minimum absolute atomic E-state index is 0.107. The fraction of sp³-hybridized carbons (Fsp3) is 0.444. The Balaban J connectivity index is 1.82. The van der Waals surface area contributed by atoms with Gasteiger partial charge >= 0.3 is 6.18 Å². The summed E-state index contributed by atoms with van der Waals surface area (Å²) in [6.07, 6.45) is -4.41. The summed E-state index contributed by atoms with van der Waals surface area (Å²) in [6, 6.07) is 10.2. The molecule has 0 fully saturated rings. The molecule has 1 heterocycles. The lowest BCUT2D eigenvalue weighted by molar-refractivity contribution is -0.140. The molecule has 0 saturated heterocycles. The van der Waals surface area contributed by atoms with Crippen molar-refractivity contribution in [3.8, 4) is 0 Å². The molecular weight excluding hydrogens is 375 g/mol. The van der Waals surface area contributed by atoms with Gasteiger partial charge in [-0.05, 0) is 19.5 Å². The first-order chi connectivity index (χ1) is 12.9. The van der Waals surface area contributed by atoms with Crippen LogP contribution in [0, 0.1) is 0 Å². The van der Waals surface area contributed by atoms with Crippen molar-refractivity contribution in [1.29, 1.82) is 0 Å². The van der Waals surface area contributed by atoms with E-state index in [4.69, 9.17) is 0 Å². The van der Waals surface area contributed by atoms with Crippen LogP contribution in [0.1, 0.15) is 23.2 Å². The molecule has 1 aromatic carbocycles. The van der Waals surface area contributed by atoms with Crippen molar-refractivity contribution in [3.63, 3.8) is 0 Å². The highest BCUT2D eigenvalue weighted by atomic mass is 32.1. The molecule has 0 aliphatic carbocycles. The number of aliphatic imine (C=N–C) groups is 1. The van der Waals surface area contributed by atoms with Gasteiger partial charge in [0.15, 0.2) is 11.7 Å². The fourth-order valence-corrected chi connectivity index (χ4v) is 3.07. The van der Waals surface area contributed by atoms with Crippen LogP contribution in [-0.4, -0.2) is 42.5 Å². The first-order valence-corrected chi connectivity index (χ1v) is 9.52. The van der Waals surface area contributed by atoms with E-state index in [1.807, 2.05) is 32.2 Å². The summed E-state index contributed by atoms with van der Waals surface area (Å²) in [5, 5.41) is 7.64. The molecule has 2 N–H and O–H groups in total. The van der Waals surface area contributed by atoms with Crippen LogP contribution in [0.3, 0.4) is 0 Å². The highest BCUT2D eigenvalue weighted by Crippen LogP contribution is 2.30. The topological polar surface area (TPSA) is 52.6 Å². The molecule has 5 nitrogen and oxygen atoms in total. The lowest BCUT2D eigenvalue weighted by Crippen LogP contribution is -2.40. The van der Waals surface area contributed by atoms with Crippen molar-refractivity contribution >= 4 is 17.3 Å². The van der Waals surface area contributed by atoms with Gasteiger partial charge in [-0.3, -0.25) is 0 Å². The number of halogens is 3. The maximum Gasteiger partial charge on any atom is 0.434 e. The monoisotopic (exact) mass is 399 g/mol. The third-order valence-electron chi connectivity index (χ3n) is 3.64. The summed E-state index contributed by atoms with van der Waals surface area (Å²) in [7, 11) is 2.03. The van der Waals surface area contributed by atoms with Gasteiger partial charge in [0.2, 0.25) is 0 Å². The number of guanidine groups is 1. The van der Waals surface area contributed by atoms with Gasteiger partial charge in [-0.25, -0.2) is 9.98 Å². The third-order valence-corrected chi connectivity index (χ3v) is 4.47. The molecule has 0 aliphatic heterocycles. The molecule has 0 bridgehead atoms. The van der Waals surface area contributed by atoms with Crippen LogP contribution in [0.4, 0.5) is 13.2 Å². The van der Waals surface area contributed by atoms with Crippen LogP contribution < -0.4 is 10.6 Å². The molecular formula is C18H24F3N5S. The molecule has 0 spiro atoms. The van der Waals surface area contributed by atoms with Crippen LogP contribution in [0.15, 0.2) is 40.7 Å². The quantitative estimate of drug-likeness (QED) is 0.528. The first kappa shape index (κ1) is 21.2. The van der Waals surface area contributed by atoms with E-state index in [1.165, 1.54) is 5.56 Å². The average Bonchev–Trinajstić information content (AvgIpc) is 3.10. The van der Waals surface area contributed by atoms with Gasteiger partial charge in [0, 0.05) is 31.6 Å². The van der Waals surface area contributed by atoms with E-state index in [2.05, 4.69) is 37.6 Å². The molecule has 9 heteroatoms. The van der Waals surface area contributed by atoms with Gasteiger partial charge in [0.1, 0.15) is 5.01 Å². The zero-order chi connectivity index (χ0) is 19.7. The third kappa shape index (κ3) is 7.56. The average molecular weight is 399 g/mol. The second-order valence-corrected chi connectivity index (χ2v) is 6.91. The molecule has 0 amide bonds. The standard InChI is InChI=1S/C18H24F3N5S/c1-3-22-17(24-11-16-25-15(13-27-16)18(19,20)21)23-9-10-26(2)12-14-7-5-4-6-8-14/h4-8,13H,3,9-12H2,1-2H3,(H2,22,23,24). The summed E-state index contributed by atoms with van der Waals surface area (Å²) in [5.41, 5.74) is 0.378. The van der Waals surface area contributed by atoms with Crippen molar-refractivity contribution in [1.82, 2.24) is 20.5 Å². The maximum absolute atomic E-state index is 12.6. The molecule has 0 unspecified atom stereocenters. The number of alkyl halides is 3. The zero-order valence-electron chi connectivity index (χ0n) is 15.4. The Morgan fingerprint density at radius 1 is 1.22 bits per heavy atom.